The van der Waals surface area contributed by atoms with Crippen molar-refractivity contribution in [2.24, 2.45) is 0 Å². The van der Waals surface area contributed by atoms with Crippen molar-refractivity contribution in [2.75, 3.05) is 14.2 Å². The quantitative estimate of drug-likeness (QED) is 0.788. The molecule has 1 heterocycles. The number of carbonyl (C=O) groups excluding carboxylic acids is 1. The Morgan fingerprint density at radius 2 is 2.00 bits per heavy atom. The van der Waals surface area contributed by atoms with Crippen LogP contribution in [0.25, 0.3) is 0 Å². The highest BCUT2D eigenvalue weighted by Crippen LogP contribution is 2.31. The van der Waals surface area contributed by atoms with Gasteiger partial charge in [-0.3, -0.25) is 4.98 Å². The molecule has 0 unspecified atom stereocenters. The van der Waals surface area contributed by atoms with Crippen molar-refractivity contribution < 1.29 is 19.0 Å². The van der Waals surface area contributed by atoms with Gasteiger partial charge in [0.05, 0.1) is 26.6 Å². The number of benzene rings is 1. The Bertz CT molecular complexity index is 643. The molecule has 0 N–H and O–H groups in total. The molecule has 110 valence electrons. The predicted octanol–water partition coefficient (Wildman–Crippen LogP) is 2.63. The second-order valence-corrected chi connectivity index (χ2v) is 4.17. The number of nitrogens with zero attached hydrogens (tertiary/aromatic N) is 2. The molecule has 6 nitrogen and oxygen atoms in total. The SMILES string of the molecule is CCc1ccc(Oc2cncc(C(=O)OC)n2)c(OC)c1. The number of carbonyl (C=O) groups is 1. The average molecular weight is 288 g/mol. The van der Waals surface area contributed by atoms with Crippen LogP contribution in [0.1, 0.15) is 23.0 Å². The molecule has 0 aliphatic heterocycles. The zero-order chi connectivity index (χ0) is 15.2. The Hall–Kier alpha value is -2.63. The van der Waals surface area contributed by atoms with Crippen LogP contribution in [0.3, 0.4) is 0 Å². The number of aryl methyl sites for hydroxylation is 1. The molecule has 0 saturated heterocycles. The van der Waals surface area contributed by atoms with Gasteiger partial charge in [0.1, 0.15) is 0 Å². The van der Waals surface area contributed by atoms with Gasteiger partial charge in [-0.1, -0.05) is 13.0 Å². The van der Waals surface area contributed by atoms with Gasteiger partial charge in [0.25, 0.3) is 0 Å². The summed E-state index contributed by atoms with van der Waals surface area (Å²) >= 11 is 0. The molecule has 0 fully saturated rings. The summed E-state index contributed by atoms with van der Waals surface area (Å²) in [5.41, 5.74) is 1.22. The van der Waals surface area contributed by atoms with Crippen molar-refractivity contribution in [3.8, 4) is 17.4 Å². The maximum absolute atomic E-state index is 11.4. The molecule has 2 aromatic rings. The topological polar surface area (TPSA) is 70.5 Å². The van der Waals surface area contributed by atoms with Crippen LogP contribution in [-0.2, 0) is 11.2 Å². The average Bonchev–Trinajstić information content (AvgIpc) is 2.54. The normalized spacial score (nSPS) is 10.0. The van der Waals surface area contributed by atoms with Gasteiger partial charge in [0.2, 0.25) is 5.88 Å². The summed E-state index contributed by atoms with van der Waals surface area (Å²) in [5, 5.41) is 0. The first-order chi connectivity index (χ1) is 10.2. The van der Waals surface area contributed by atoms with E-state index in [1.54, 1.807) is 13.2 Å². The van der Waals surface area contributed by atoms with Crippen LogP contribution in [0.2, 0.25) is 0 Å². The van der Waals surface area contributed by atoms with Gasteiger partial charge in [-0.25, -0.2) is 9.78 Å². The highest BCUT2D eigenvalue weighted by Gasteiger charge is 2.12. The number of rotatable bonds is 5. The monoisotopic (exact) mass is 288 g/mol. The van der Waals surface area contributed by atoms with E-state index in [9.17, 15) is 4.79 Å². The summed E-state index contributed by atoms with van der Waals surface area (Å²) in [6.45, 7) is 2.06. The maximum atomic E-state index is 11.4. The van der Waals surface area contributed by atoms with E-state index in [0.717, 1.165) is 12.0 Å². The molecule has 0 amide bonds. The first-order valence-electron chi connectivity index (χ1n) is 6.43. The van der Waals surface area contributed by atoms with E-state index >= 15 is 0 Å². The minimum absolute atomic E-state index is 0.0825. The third-order valence-corrected chi connectivity index (χ3v) is 2.86. The standard InChI is InChI=1S/C15H16N2O4/c1-4-10-5-6-12(13(7-10)19-2)21-14-9-16-8-11(17-14)15(18)20-3/h5-9H,4H2,1-3H3. The number of esters is 1. The number of aromatic nitrogens is 2. The van der Waals surface area contributed by atoms with Crippen molar-refractivity contribution >= 4 is 5.97 Å². The van der Waals surface area contributed by atoms with Gasteiger partial charge in [-0.05, 0) is 24.1 Å². The number of hydrogen-bond donors (Lipinski definition) is 0. The highest BCUT2D eigenvalue weighted by molar-refractivity contribution is 5.86. The predicted molar refractivity (Wildman–Crippen MR) is 75.8 cm³/mol. The van der Waals surface area contributed by atoms with E-state index in [1.807, 2.05) is 12.1 Å². The first kappa shape index (κ1) is 14.8. The fourth-order valence-electron chi connectivity index (χ4n) is 1.73. The summed E-state index contributed by atoms with van der Waals surface area (Å²) in [7, 11) is 2.85. The highest BCUT2D eigenvalue weighted by atomic mass is 16.5. The summed E-state index contributed by atoms with van der Waals surface area (Å²) in [6.07, 6.45) is 3.63. The number of ether oxygens (including phenoxy) is 3. The third kappa shape index (κ3) is 3.47. The molecule has 6 heteroatoms. The molecule has 1 aromatic carbocycles. The van der Waals surface area contributed by atoms with Crippen molar-refractivity contribution in [1.82, 2.24) is 9.97 Å². The van der Waals surface area contributed by atoms with Crippen LogP contribution >= 0.6 is 0 Å². The minimum Gasteiger partial charge on any atom is -0.493 e. The molecule has 2 rings (SSSR count). The summed E-state index contributed by atoms with van der Waals surface area (Å²) in [4.78, 5) is 19.4. The molecule has 0 aliphatic rings. The molecule has 21 heavy (non-hydrogen) atoms. The second-order valence-electron chi connectivity index (χ2n) is 4.17. The maximum Gasteiger partial charge on any atom is 0.358 e. The summed E-state index contributed by atoms with van der Waals surface area (Å²) in [6, 6.07) is 5.63. The molecule has 0 saturated carbocycles. The van der Waals surface area contributed by atoms with E-state index in [2.05, 4.69) is 21.6 Å². The lowest BCUT2D eigenvalue weighted by Crippen LogP contribution is -2.05. The van der Waals surface area contributed by atoms with Crippen molar-refractivity contribution in [3.63, 3.8) is 0 Å². The van der Waals surface area contributed by atoms with E-state index in [-0.39, 0.29) is 11.6 Å². The smallest absolute Gasteiger partial charge is 0.358 e. The molecule has 0 bridgehead atoms. The Kier molecular flexibility index (Phi) is 4.71. The van der Waals surface area contributed by atoms with E-state index in [4.69, 9.17) is 9.47 Å². The van der Waals surface area contributed by atoms with Crippen molar-refractivity contribution in [3.05, 3.63) is 41.9 Å². The largest absolute Gasteiger partial charge is 0.493 e. The van der Waals surface area contributed by atoms with E-state index in [1.165, 1.54) is 19.5 Å². The first-order valence-corrected chi connectivity index (χ1v) is 6.43. The van der Waals surface area contributed by atoms with E-state index < -0.39 is 5.97 Å². The Morgan fingerprint density at radius 1 is 1.19 bits per heavy atom. The minimum atomic E-state index is -0.568. The molecular weight excluding hydrogens is 272 g/mol. The van der Waals surface area contributed by atoms with Gasteiger partial charge < -0.3 is 14.2 Å². The molecule has 0 spiro atoms. The lowest BCUT2D eigenvalue weighted by molar-refractivity contribution is 0.0592. The van der Waals surface area contributed by atoms with E-state index in [0.29, 0.717) is 11.5 Å². The Labute approximate surface area is 122 Å². The van der Waals surface area contributed by atoms with Crippen LogP contribution in [0.15, 0.2) is 30.6 Å². The van der Waals surface area contributed by atoms with Gasteiger partial charge in [0, 0.05) is 0 Å². The Morgan fingerprint density at radius 3 is 2.67 bits per heavy atom. The van der Waals surface area contributed by atoms with Gasteiger partial charge in [-0.15, -0.1) is 0 Å². The van der Waals surface area contributed by atoms with Crippen molar-refractivity contribution in [1.29, 1.82) is 0 Å². The zero-order valence-corrected chi connectivity index (χ0v) is 12.1. The molecule has 0 atom stereocenters. The van der Waals surface area contributed by atoms with Gasteiger partial charge >= 0.3 is 5.97 Å². The fourth-order valence-corrected chi connectivity index (χ4v) is 1.73. The lowest BCUT2D eigenvalue weighted by atomic mass is 10.1. The Balaban J connectivity index is 2.27. The van der Waals surface area contributed by atoms with Crippen LogP contribution in [0.4, 0.5) is 0 Å². The van der Waals surface area contributed by atoms with Crippen LogP contribution in [0.5, 0.6) is 17.4 Å². The van der Waals surface area contributed by atoms with Gasteiger partial charge in [0.15, 0.2) is 17.2 Å². The molecular formula is C15H16N2O4. The van der Waals surface area contributed by atoms with Crippen LogP contribution in [-0.4, -0.2) is 30.2 Å². The number of methoxy groups -OCH3 is 2. The zero-order valence-electron chi connectivity index (χ0n) is 12.1. The third-order valence-electron chi connectivity index (χ3n) is 2.86. The lowest BCUT2D eigenvalue weighted by Gasteiger charge is -2.11. The summed E-state index contributed by atoms with van der Waals surface area (Å²) in [5.74, 6) is 0.729. The molecule has 0 radical (unpaired) electrons. The number of hydrogen-bond acceptors (Lipinski definition) is 6. The van der Waals surface area contributed by atoms with Crippen LogP contribution < -0.4 is 9.47 Å². The van der Waals surface area contributed by atoms with Crippen molar-refractivity contribution in [2.45, 2.75) is 13.3 Å². The molecule has 0 aliphatic carbocycles. The summed E-state index contributed by atoms with van der Waals surface area (Å²) < 4.78 is 15.5. The fraction of sp³-hybridized carbons (Fsp3) is 0.267. The second kappa shape index (κ2) is 6.69. The van der Waals surface area contributed by atoms with Gasteiger partial charge in [-0.2, -0.15) is 0 Å². The molecule has 1 aromatic heterocycles. The van der Waals surface area contributed by atoms with Crippen LogP contribution in [0, 0.1) is 0 Å².